The van der Waals surface area contributed by atoms with Crippen molar-refractivity contribution >= 4 is 21.9 Å². The molecule has 0 spiro atoms. The van der Waals surface area contributed by atoms with Crippen molar-refractivity contribution in [1.82, 2.24) is 0 Å². The third-order valence-electron chi connectivity index (χ3n) is 3.91. The van der Waals surface area contributed by atoms with Gasteiger partial charge in [0.15, 0.2) is 0 Å². The van der Waals surface area contributed by atoms with E-state index < -0.39 is 5.41 Å². The lowest BCUT2D eigenvalue weighted by molar-refractivity contribution is -0.143. The summed E-state index contributed by atoms with van der Waals surface area (Å²) in [7, 11) is 0. The Hall–Kier alpha value is -0.830. The van der Waals surface area contributed by atoms with Gasteiger partial charge in [0, 0.05) is 4.47 Å². The lowest BCUT2D eigenvalue weighted by atomic mass is 9.81. The number of aryl methyl sites for hydroxylation is 1. The van der Waals surface area contributed by atoms with Crippen molar-refractivity contribution in [2.75, 3.05) is 0 Å². The minimum absolute atomic E-state index is 0.188. The molecule has 0 fully saturated rings. The molecule has 2 nitrogen and oxygen atoms in total. The Morgan fingerprint density at radius 2 is 2.10 bits per heavy atom. The van der Waals surface area contributed by atoms with E-state index in [0.29, 0.717) is 11.7 Å². The average molecular weight is 339 g/mol. The van der Waals surface area contributed by atoms with Crippen molar-refractivity contribution in [1.29, 1.82) is 0 Å². The van der Waals surface area contributed by atoms with Crippen molar-refractivity contribution < 1.29 is 9.53 Å². The molecule has 0 saturated carbocycles. The fourth-order valence-electron chi connectivity index (χ4n) is 2.72. The first-order chi connectivity index (χ1) is 9.32. The highest BCUT2D eigenvalue weighted by Crippen LogP contribution is 2.40. The zero-order valence-corrected chi connectivity index (χ0v) is 14.3. The zero-order valence-electron chi connectivity index (χ0n) is 12.8. The summed E-state index contributed by atoms with van der Waals surface area (Å²) in [5, 5.41) is 0. The minimum atomic E-state index is -0.478. The van der Waals surface area contributed by atoms with Crippen LogP contribution in [-0.2, 0) is 11.2 Å². The van der Waals surface area contributed by atoms with Crippen LogP contribution < -0.4 is 4.74 Å². The SMILES string of the molecule is CCC1CCCc2cc(OC(=O)C(C)(C)C)cc(Br)c21. The number of benzene rings is 1. The quantitative estimate of drug-likeness (QED) is 0.545. The molecular weight excluding hydrogens is 316 g/mol. The van der Waals surface area contributed by atoms with Gasteiger partial charge in [-0.1, -0.05) is 22.9 Å². The van der Waals surface area contributed by atoms with E-state index in [1.54, 1.807) is 0 Å². The van der Waals surface area contributed by atoms with Gasteiger partial charge in [0.05, 0.1) is 5.41 Å². The number of fused-ring (bicyclic) bond motifs is 1. The monoisotopic (exact) mass is 338 g/mol. The van der Waals surface area contributed by atoms with Crippen LogP contribution in [0.3, 0.4) is 0 Å². The predicted octanol–water partition coefficient (Wildman–Crippen LogP) is 5.23. The number of carbonyl (C=O) groups excluding carboxylic acids is 1. The number of esters is 1. The molecule has 0 amide bonds. The minimum Gasteiger partial charge on any atom is -0.426 e. The summed E-state index contributed by atoms with van der Waals surface area (Å²) in [5.74, 6) is 1.10. The third-order valence-corrected chi connectivity index (χ3v) is 4.57. The average Bonchev–Trinajstić information content (AvgIpc) is 2.36. The Morgan fingerprint density at radius 1 is 1.40 bits per heavy atom. The van der Waals surface area contributed by atoms with Gasteiger partial charge in [-0.2, -0.15) is 0 Å². The summed E-state index contributed by atoms with van der Waals surface area (Å²) in [4.78, 5) is 12.0. The highest BCUT2D eigenvalue weighted by atomic mass is 79.9. The maximum atomic E-state index is 12.0. The van der Waals surface area contributed by atoms with Crippen LogP contribution in [0.25, 0.3) is 0 Å². The lowest BCUT2D eigenvalue weighted by Gasteiger charge is -2.27. The summed E-state index contributed by atoms with van der Waals surface area (Å²) in [6, 6.07) is 3.99. The number of rotatable bonds is 2. The molecule has 1 aromatic rings. The molecule has 3 heteroatoms. The topological polar surface area (TPSA) is 26.3 Å². The van der Waals surface area contributed by atoms with Gasteiger partial charge in [-0.25, -0.2) is 0 Å². The molecular formula is C17H23BrO2. The smallest absolute Gasteiger partial charge is 0.316 e. The fraction of sp³-hybridized carbons (Fsp3) is 0.588. The highest BCUT2D eigenvalue weighted by molar-refractivity contribution is 9.10. The van der Waals surface area contributed by atoms with E-state index in [1.807, 2.05) is 32.9 Å². The molecule has 1 aromatic carbocycles. The van der Waals surface area contributed by atoms with Crippen LogP contribution in [0.5, 0.6) is 5.75 Å². The normalized spacial score (nSPS) is 18.6. The molecule has 110 valence electrons. The first kappa shape index (κ1) is 15.6. The van der Waals surface area contributed by atoms with Crippen molar-refractivity contribution in [3.63, 3.8) is 0 Å². The standard InChI is InChI=1S/C17H23BrO2/c1-5-11-7-6-8-12-9-13(10-14(18)15(11)12)20-16(19)17(2,3)4/h9-11H,5-8H2,1-4H3. The number of ether oxygens (including phenoxy) is 1. The van der Waals surface area contributed by atoms with Crippen molar-refractivity contribution in [2.24, 2.45) is 5.41 Å². The van der Waals surface area contributed by atoms with Gasteiger partial charge in [0.2, 0.25) is 0 Å². The van der Waals surface area contributed by atoms with E-state index in [9.17, 15) is 4.79 Å². The van der Waals surface area contributed by atoms with Crippen LogP contribution in [-0.4, -0.2) is 5.97 Å². The van der Waals surface area contributed by atoms with E-state index in [2.05, 4.69) is 22.9 Å². The van der Waals surface area contributed by atoms with E-state index in [0.717, 1.165) is 17.3 Å². The molecule has 1 atom stereocenters. The number of halogens is 1. The van der Waals surface area contributed by atoms with E-state index >= 15 is 0 Å². The molecule has 1 aliphatic carbocycles. The Bertz CT molecular complexity index is 514. The summed E-state index contributed by atoms with van der Waals surface area (Å²) < 4.78 is 6.61. The maximum absolute atomic E-state index is 12.0. The second-order valence-electron chi connectivity index (χ2n) is 6.61. The molecule has 0 aliphatic heterocycles. The molecule has 0 N–H and O–H groups in total. The molecule has 20 heavy (non-hydrogen) atoms. The Labute approximate surface area is 130 Å². The number of carbonyl (C=O) groups is 1. The Balaban J connectivity index is 2.31. The van der Waals surface area contributed by atoms with Crippen LogP contribution in [0.4, 0.5) is 0 Å². The molecule has 0 bridgehead atoms. The molecule has 1 unspecified atom stereocenters. The van der Waals surface area contributed by atoms with Crippen molar-refractivity contribution in [3.8, 4) is 5.75 Å². The lowest BCUT2D eigenvalue weighted by Crippen LogP contribution is -2.25. The predicted molar refractivity (Wildman–Crippen MR) is 85.2 cm³/mol. The van der Waals surface area contributed by atoms with Gasteiger partial charge < -0.3 is 4.74 Å². The molecule has 2 rings (SSSR count). The molecule has 0 radical (unpaired) electrons. The van der Waals surface area contributed by atoms with Gasteiger partial charge in [-0.15, -0.1) is 0 Å². The zero-order chi connectivity index (χ0) is 14.9. The van der Waals surface area contributed by atoms with E-state index in [-0.39, 0.29) is 5.97 Å². The molecule has 0 aromatic heterocycles. The summed E-state index contributed by atoms with van der Waals surface area (Å²) >= 11 is 3.66. The summed E-state index contributed by atoms with van der Waals surface area (Å²) in [6.07, 6.45) is 4.70. The van der Waals surface area contributed by atoms with Crippen LogP contribution in [0.1, 0.15) is 64.0 Å². The number of hydrogen-bond acceptors (Lipinski definition) is 2. The van der Waals surface area contributed by atoms with Crippen LogP contribution in [0.2, 0.25) is 0 Å². The summed E-state index contributed by atoms with van der Waals surface area (Å²) in [6.45, 7) is 7.85. The Kier molecular flexibility index (Phi) is 4.58. The largest absolute Gasteiger partial charge is 0.426 e. The third kappa shape index (κ3) is 3.25. The molecule has 0 heterocycles. The van der Waals surface area contributed by atoms with Crippen LogP contribution >= 0.6 is 15.9 Å². The Morgan fingerprint density at radius 3 is 2.70 bits per heavy atom. The van der Waals surface area contributed by atoms with Gasteiger partial charge in [0.1, 0.15) is 5.75 Å². The maximum Gasteiger partial charge on any atom is 0.316 e. The second-order valence-corrected chi connectivity index (χ2v) is 7.47. The van der Waals surface area contributed by atoms with Crippen molar-refractivity contribution in [2.45, 2.75) is 59.3 Å². The van der Waals surface area contributed by atoms with Crippen LogP contribution in [0.15, 0.2) is 16.6 Å². The molecule has 0 saturated heterocycles. The van der Waals surface area contributed by atoms with Gasteiger partial charge in [-0.3, -0.25) is 4.79 Å². The van der Waals surface area contributed by atoms with Crippen LogP contribution in [0, 0.1) is 5.41 Å². The molecule has 1 aliphatic rings. The first-order valence-corrected chi connectivity index (χ1v) is 8.16. The van der Waals surface area contributed by atoms with Gasteiger partial charge in [0.25, 0.3) is 0 Å². The second kappa shape index (κ2) is 5.88. The number of hydrogen-bond donors (Lipinski definition) is 0. The first-order valence-electron chi connectivity index (χ1n) is 7.37. The van der Waals surface area contributed by atoms with E-state index in [1.165, 1.54) is 24.0 Å². The van der Waals surface area contributed by atoms with E-state index in [4.69, 9.17) is 4.74 Å². The fourth-order valence-corrected chi connectivity index (χ4v) is 3.53. The van der Waals surface area contributed by atoms with Gasteiger partial charge in [-0.05, 0) is 75.6 Å². The van der Waals surface area contributed by atoms with Gasteiger partial charge >= 0.3 is 5.97 Å². The van der Waals surface area contributed by atoms with Crippen molar-refractivity contribution in [3.05, 3.63) is 27.7 Å². The summed E-state index contributed by atoms with van der Waals surface area (Å²) in [5.41, 5.74) is 2.26. The highest BCUT2D eigenvalue weighted by Gasteiger charge is 2.26.